The van der Waals surface area contributed by atoms with Crippen LogP contribution in [0.5, 0.6) is 11.5 Å². The van der Waals surface area contributed by atoms with Crippen LogP contribution >= 0.6 is 0 Å². The van der Waals surface area contributed by atoms with Crippen LogP contribution in [-0.2, 0) is 0 Å². The van der Waals surface area contributed by atoms with Crippen LogP contribution in [0.4, 0.5) is 5.82 Å². The number of rotatable bonds is 4. The Kier molecular flexibility index (Phi) is 4.72. The van der Waals surface area contributed by atoms with Crippen molar-refractivity contribution in [3.05, 3.63) is 48.2 Å². The maximum absolute atomic E-state index is 10.6. The monoisotopic (exact) mass is 341 g/mol. The number of β-amino-alcohol motifs (C(OH)–C–C–N with tert-alkyl or cyclic N) is 1. The fourth-order valence-corrected chi connectivity index (χ4v) is 3.32. The van der Waals surface area contributed by atoms with Gasteiger partial charge in [0.05, 0.1) is 6.10 Å². The number of fused-ring (bicyclic) bond motifs is 1. The van der Waals surface area contributed by atoms with E-state index in [0.29, 0.717) is 19.8 Å². The summed E-state index contributed by atoms with van der Waals surface area (Å²) in [5, 5.41) is 10.6. The Labute approximate surface area is 147 Å². The maximum atomic E-state index is 10.6. The van der Waals surface area contributed by atoms with Gasteiger partial charge in [0.15, 0.2) is 11.5 Å². The van der Waals surface area contributed by atoms with Crippen molar-refractivity contribution < 1.29 is 14.6 Å². The number of piperazine rings is 1. The number of aliphatic hydroxyl groups is 1. The highest BCUT2D eigenvalue weighted by Crippen LogP contribution is 2.32. The molecule has 1 atom stereocenters. The Hall–Kier alpha value is -2.31. The van der Waals surface area contributed by atoms with Gasteiger partial charge >= 0.3 is 0 Å². The molecule has 2 aliphatic heterocycles. The van der Waals surface area contributed by atoms with Gasteiger partial charge in [-0.3, -0.25) is 4.90 Å². The molecule has 0 spiro atoms. The molecule has 0 saturated carbocycles. The summed E-state index contributed by atoms with van der Waals surface area (Å²) in [4.78, 5) is 8.99. The molecule has 4 rings (SSSR count). The van der Waals surface area contributed by atoms with Gasteiger partial charge in [-0.2, -0.15) is 0 Å². The van der Waals surface area contributed by atoms with E-state index in [0.717, 1.165) is 49.1 Å². The number of nitrogens with zero attached hydrogens (tertiary/aromatic N) is 3. The summed E-state index contributed by atoms with van der Waals surface area (Å²) in [6, 6.07) is 11.7. The zero-order chi connectivity index (χ0) is 17.1. The van der Waals surface area contributed by atoms with E-state index in [-0.39, 0.29) is 0 Å². The van der Waals surface area contributed by atoms with E-state index >= 15 is 0 Å². The first-order valence-corrected chi connectivity index (χ1v) is 8.75. The smallest absolute Gasteiger partial charge is 0.161 e. The highest BCUT2D eigenvalue weighted by Gasteiger charge is 2.22. The van der Waals surface area contributed by atoms with Crippen molar-refractivity contribution in [2.75, 3.05) is 50.8 Å². The number of ether oxygens (including phenoxy) is 2. The molecule has 2 aliphatic rings. The van der Waals surface area contributed by atoms with Crippen molar-refractivity contribution in [1.29, 1.82) is 0 Å². The van der Waals surface area contributed by atoms with Gasteiger partial charge in [-0.05, 0) is 29.8 Å². The molecule has 25 heavy (non-hydrogen) atoms. The Bertz CT molecular complexity index is 702. The van der Waals surface area contributed by atoms with E-state index < -0.39 is 6.10 Å². The Morgan fingerprint density at radius 2 is 1.80 bits per heavy atom. The number of anilines is 1. The second kappa shape index (κ2) is 7.29. The normalized spacial score (nSPS) is 18.8. The van der Waals surface area contributed by atoms with E-state index in [2.05, 4.69) is 14.8 Å². The van der Waals surface area contributed by atoms with Gasteiger partial charge in [0, 0.05) is 38.9 Å². The van der Waals surface area contributed by atoms with Crippen molar-refractivity contribution in [3.63, 3.8) is 0 Å². The zero-order valence-electron chi connectivity index (χ0n) is 14.2. The minimum atomic E-state index is -0.530. The molecule has 2 aromatic rings. The quantitative estimate of drug-likeness (QED) is 0.914. The number of hydrogen-bond donors (Lipinski definition) is 1. The van der Waals surface area contributed by atoms with Gasteiger partial charge in [-0.15, -0.1) is 0 Å². The molecule has 6 heteroatoms. The molecule has 6 nitrogen and oxygen atoms in total. The van der Waals surface area contributed by atoms with Gasteiger partial charge in [0.2, 0.25) is 0 Å². The summed E-state index contributed by atoms with van der Waals surface area (Å²) in [7, 11) is 0. The van der Waals surface area contributed by atoms with Gasteiger partial charge in [-0.25, -0.2) is 4.98 Å². The number of aromatic nitrogens is 1. The minimum Gasteiger partial charge on any atom is -0.486 e. The summed E-state index contributed by atoms with van der Waals surface area (Å²) in [5.41, 5.74) is 0.872. The molecule has 132 valence electrons. The highest BCUT2D eigenvalue weighted by atomic mass is 16.6. The van der Waals surface area contributed by atoms with Crippen LogP contribution in [0.1, 0.15) is 11.7 Å². The van der Waals surface area contributed by atoms with Gasteiger partial charge in [0.25, 0.3) is 0 Å². The molecular formula is C19H23N3O3. The first-order valence-electron chi connectivity index (χ1n) is 8.75. The van der Waals surface area contributed by atoms with Crippen molar-refractivity contribution in [3.8, 4) is 11.5 Å². The summed E-state index contributed by atoms with van der Waals surface area (Å²) < 4.78 is 11.1. The lowest BCUT2D eigenvalue weighted by Gasteiger charge is -2.36. The lowest BCUT2D eigenvalue weighted by atomic mass is 10.1. The molecule has 1 aromatic heterocycles. The van der Waals surface area contributed by atoms with E-state index in [4.69, 9.17) is 9.47 Å². The standard InChI is InChI=1S/C19H23N3O3/c23-16(15-4-5-17-18(13-15)25-12-11-24-17)14-21-7-9-22(10-8-21)19-3-1-2-6-20-19/h1-6,13,16,23H,7-12,14H2. The average molecular weight is 341 g/mol. The molecule has 0 bridgehead atoms. The number of benzene rings is 1. The second-order valence-corrected chi connectivity index (χ2v) is 6.39. The molecule has 0 aliphatic carbocycles. The summed E-state index contributed by atoms with van der Waals surface area (Å²) in [6.07, 6.45) is 1.30. The molecule has 3 heterocycles. The predicted octanol–water partition coefficient (Wildman–Crippen LogP) is 1.71. The largest absolute Gasteiger partial charge is 0.486 e. The molecular weight excluding hydrogens is 318 g/mol. The van der Waals surface area contributed by atoms with Crippen LogP contribution in [0.25, 0.3) is 0 Å². The molecule has 1 fully saturated rings. The Morgan fingerprint density at radius 1 is 1.00 bits per heavy atom. The van der Waals surface area contributed by atoms with Crippen LogP contribution in [0, 0.1) is 0 Å². The van der Waals surface area contributed by atoms with Gasteiger partial charge < -0.3 is 19.5 Å². The van der Waals surface area contributed by atoms with Crippen LogP contribution < -0.4 is 14.4 Å². The molecule has 0 radical (unpaired) electrons. The Morgan fingerprint density at radius 3 is 2.56 bits per heavy atom. The highest BCUT2D eigenvalue weighted by molar-refractivity contribution is 5.44. The zero-order valence-corrected chi connectivity index (χ0v) is 14.2. The number of hydrogen-bond acceptors (Lipinski definition) is 6. The third kappa shape index (κ3) is 3.70. The topological polar surface area (TPSA) is 58.1 Å². The van der Waals surface area contributed by atoms with Gasteiger partial charge in [0.1, 0.15) is 19.0 Å². The minimum absolute atomic E-state index is 0.530. The Balaban J connectivity index is 1.34. The first-order chi connectivity index (χ1) is 12.3. The van der Waals surface area contributed by atoms with Crippen LogP contribution in [0.2, 0.25) is 0 Å². The van der Waals surface area contributed by atoms with E-state index in [1.54, 1.807) is 0 Å². The van der Waals surface area contributed by atoms with Gasteiger partial charge in [-0.1, -0.05) is 12.1 Å². The third-order valence-electron chi connectivity index (χ3n) is 4.73. The van der Waals surface area contributed by atoms with Crippen molar-refractivity contribution in [2.24, 2.45) is 0 Å². The summed E-state index contributed by atoms with van der Waals surface area (Å²) >= 11 is 0. The fourth-order valence-electron chi connectivity index (χ4n) is 3.32. The van der Waals surface area contributed by atoms with Crippen molar-refractivity contribution >= 4 is 5.82 Å². The molecule has 1 saturated heterocycles. The maximum Gasteiger partial charge on any atom is 0.161 e. The van der Waals surface area contributed by atoms with Crippen molar-refractivity contribution in [1.82, 2.24) is 9.88 Å². The SMILES string of the molecule is OC(CN1CCN(c2ccccn2)CC1)c1ccc2c(c1)OCCO2. The molecule has 1 unspecified atom stereocenters. The summed E-state index contributed by atoms with van der Waals surface area (Å²) in [6.45, 7) is 5.43. The lowest BCUT2D eigenvalue weighted by molar-refractivity contribution is 0.108. The fraction of sp³-hybridized carbons (Fsp3) is 0.421. The molecule has 1 N–H and O–H groups in total. The molecule has 0 amide bonds. The number of aliphatic hydroxyl groups excluding tert-OH is 1. The van der Waals surface area contributed by atoms with Crippen LogP contribution in [0.3, 0.4) is 0 Å². The van der Waals surface area contributed by atoms with Crippen LogP contribution in [-0.4, -0.2) is 60.9 Å². The summed E-state index contributed by atoms with van der Waals surface area (Å²) in [5.74, 6) is 2.50. The van der Waals surface area contributed by atoms with E-state index in [1.165, 1.54) is 0 Å². The average Bonchev–Trinajstić information content (AvgIpc) is 2.69. The number of pyridine rings is 1. The molecule has 1 aromatic carbocycles. The predicted molar refractivity (Wildman–Crippen MR) is 95.3 cm³/mol. The second-order valence-electron chi connectivity index (χ2n) is 6.39. The van der Waals surface area contributed by atoms with Crippen LogP contribution in [0.15, 0.2) is 42.6 Å². The van der Waals surface area contributed by atoms with Crippen molar-refractivity contribution in [2.45, 2.75) is 6.10 Å². The van der Waals surface area contributed by atoms with E-state index in [1.807, 2.05) is 42.6 Å². The first kappa shape index (κ1) is 16.2. The van der Waals surface area contributed by atoms with E-state index in [9.17, 15) is 5.11 Å². The lowest BCUT2D eigenvalue weighted by Crippen LogP contribution is -2.47. The third-order valence-corrected chi connectivity index (χ3v) is 4.73.